The zero-order valence-corrected chi connectivity index (χ0v) is 20.8. The number of esters is 1. The van der Waals surface area contributed by atoms with Crippen LogP contribution in [0.3, 0.4) is 0 Å². The van der Waals surface area contributed by atoms with E-state index < -0.39 is 11.9 Å². The fourth-order valence-corrected chi connectivity index (χ4v) is 3.42. The van der Waals surface area contributed by atoms with E-state index in [-0.39, 0.29) is 6.61 Å². The van der Waals surface area contributed by atoms with Crippen LogP contribution in [-0.2, 0) is 11.2 Å². The summed E-state index contributed by atoms with van der Waals surface area (Å²) in [6.45, 7) is 5.95. The van der Waals surface area contributed by atoms with Crippen molar-refractivity contribution in [3.05, 3.63) is 101 Å². The summed E-state index contributed by atoms with van der Waals surface area (Å²) in [5, 5.41) is 3.98. The van der Waals surface area contributed by atoms with Crippen LogP contribution in [0.2, 0.25) is 0 Å². The SMILES string of the molecule is C=CCc1ccccc1OCC(=O)N/N=C/c1cc(Br)ccc1OC(=O)c1ccc(OCC)cc1. The maximum atomic E-state index is 12.6. The van der Waals surface area contributed by atoms with Crippen molar-refractivity contribution in [2.75, 3.05) is 13.2 Å². The Morgan fingerprint density at radius 1 is 1.03 bits per heavy atom. The van der Waals surface area contributed by atoms with E-state index in [1.165, 1.54) is 6.21 Å². The minimum Gasteiger partial charge on any atom is -0.494 e. The molecule has 1 amide bonds. The molecule has 3 aromatic carbocycles. The van der Waals surface area contributed by atoms with Crippen LogP contribution in [0.5, 0.6) is 17.2 Å². The minimum absolute atomic E-state index is 0.205. The van der Waals surface area contributed by atoms with Gasteiger partial charge in [-0.3, -0.25) is 4.79 Å². The van der Waals surface area contributed by atoms with Gasteiger partial charge in [0.05, 0.1) is 18.4 Å². The first-order valence-corrected chi connectivity index (χ1v) is 11.7. The number of carbonyl (C=O) groups is 2. The van der Waals surface area contributed by atoms with Gasteiger partial charge in [0.15, 0.2) is 6.61 Å². The third kappa shape index (κ3) is 7.82. The minimum atomic E-state index is -0.527. The van der Waals surface area contributed by atoms with Gasteiger partial charge in [-0.15, -0.1) is 6.58 Å². The van der Waals surface area contributed by atoms with Crippen LogP contribution in [0.15, 0.2) is 89.0 Å². The summed E-state index contributed by atoms with van der Waals surface area (Å²) in [5.41, 5.74) is 4.23. The molecule has 0 saturated heterocycles. The van der Waals surface area contributed by atoms with Crippen LogP contribution < -0.4 is 19.6 Å². The molecule has 0 bridgehead atoms. The van der Waals surface area contributed by atoms with Crippen molar-refractivity contribution in [2.45, 2.75) is 13.3 Å². The number of benzene rings is 3. The van der Waals surface area contributed by atoms with Gasteiger partial charge < -0.3 is 14.2 Å². The molecular formula is C27H25BrN2O5. The topological polar surface area (TPSA) is 86.2 Å². The second-order valence-corrected chi connectivity index (χ2v) is 8.13. The van der Waals surface area contributed by atoms with Crippen LogP contribution in [0, 0.1) is 0 Å². The predicted molar refractivity (Wildman–Crippen MR) is 138 cm³/mol. The number of rotatable bonds is 11. The maximum Gasteiger partial charge on any atom is 0.343 e. The van der Waals surface area contributed by atoms with Crippen molar-refractivity contribution in [1.82, 2.24) is 5.43 Å². The number of para-hydroxylation sites is 1. The Balaban J connectivity index is 1.61. The lowest BCUT2D eigenvalue weighted by Gasteiger charge is -2.10. The zero-order chi connectivity index (χ0) is 25.0. The lowest BCUT2D eigenvalue weighted by molar-refractivity contribution is -0.123. The summed E-state index contributed by atoms with van der Waals surface area (Å²) < 4.78 is 17.3. The number of hydrazone groups is 1. The maximum absolute atomic E-state index is 12.6. The molecule has 0 aliphatic rings. The molecule has 0 unspecified atom stereocenters. The van der Waals surface area contributed by atoms with Crippen LogP contribution in [0.4, 0.5) is 0 Å². The molecule has 3 rings (SSSR count). The van der Waals surface area contributed by atoms with E-state index in [0.717, 1.165) is 10.0 Å². The Morgan fingerprint density at radius 2 is 1.80 bits per heavy atom. The van der Waals surface area contributed by atoms with E-state index in [9.17, 15) is 9.59 Å². The van der Waals surface area contributed by atoms with Gasteiger partial charge in [0.25, 0.3) is 5.91 Å². The van der Waals surface area contributed by atoms with Gasteiger partial charge in [-0.25, -0.2) is 10.2 Å². The first-order valence-electron chi connectivity index (χ1n) is 10.9. The van der Waals surface area contributed by atoms with Crippen molar-refractivity contribution in [3.63, 3.8) is 0 Å². The molecule has 0 fully saturated rings. The summed E-state index contributed by atoms with van der Waals surface area (Å²) in [6, 6.07) is 19.2. The number of nitrogens with zero attached hydrogens (tertiary/aromatic N) is 1. The molecule has 0 aliphatic heterocycles. The lowest BCUT2D eigenvalue weighted by atomic mass is 10.1. The second-order valence-electron chi connectivity index (χ2n) is 7.21. The third-order valence-electron chi connectivity index (χ3n) is 4.66. The highest BCUT2D eigenvalue weighted by Gasteiger charge is 2.12. The van der Waals surface area contributed by atoms with Crippen LogP contribution in [-0.4, -0.2) is 31.3 Å². The average Bonchev–Trinajstić information content (AvgIpc) is 2.86. The monoisotopic (exact) mass is 536 g/mol. The van der Waals surface area contributed by atoms with E-state index >= 15 is 0 Å². The molecule has 8 heteroatoms. The van der Waals surface area contributed by atoms with Crippen LogP contribution >= 0.6 is 15.9 Å². The molecular weight excluding hydrogens is 512 g/mol. The van der Waals surface area contributed by atoms with Gasteiger partial charge in [-0.1, -0.05) is 40.2 Å². The Labute approximate surface area is 212 Å². The standard InChI is InChI=1S/C27H25BrN2O5/c1-3-7-19-8-5-6-9-24(19)34-18-26(31)30-29-17-21-16-22(28)12-15-25(21)35-27(32)20-10-13-23(14-11-20)33-4-2/h3,5-6,8-17H,1,4,7,18H2,2H3,(H,30,31)/b29-17+. The van der Waals surface area contributed by atoms with E-state index in [0.29, 0.717) is 41.4 Å². The molecule has 0 atom stereocenters. The quantitative estimate of drug-likeness (QED) is 0.118. The van der Waals surface area contributed by atoms with Crippen molar-refractivity contribution < 1.29 is 23.8 Å². The van der Waals surface area contributed by atoms with E-state index in [4.69, 9.17) is 14.2 Å². The fourth-order valence-electron chi connectivity index (χ4n) is 3.04. The number of hydrogen-bond donors (Lipinski definition) is 1. The van der Waals surface area contributed by atoms with Gasteiger partial charge in [-0.2, -0.15) is 5.10 Å². The molecule has 180 valence electrons. The predicted octanol–water partition coefficient (Wildman–Crippen LogP) is 5.32. The summed E-state index contributed by atoms with van der Waals surface area (Å²) in [6.07, 6.45) is 3.80. The van der Waals surface area contributed by atoms with Gasteiger partial charge in [0.2, 0.25) is 0 Å². The Bertz CT molecular complexity index is 1210. The molecule has 7 nitrogen and oxygen atoms in total. The summed E-state index contributed by atoms with van der Waals surface area (Å²) >= 11 is 3.39. The lowest BCUT2D eigenvalue weighted by Crippen LogP contribution is -2.24. The molecule has 0 radical (unpaired) electrons. The zero-order valence-electron chi connectivity index (χ0n) is 19.2. The number of halogens is 1. The normalized spacial score (nSPS) is 10.6. The number of amides is 1. The van der Waals surface area contributed by atoms with Crippen LogP contribution in [0.25, 0.3) is 0 Å². The largest absolute Gasteiger partial charge is 0.494 e. The first-order chi connectivity index (χ1) is 17.0. The van der Waals surface area contributed by atoms with E-state index in [1.54, 1.807) is 54.6 Å². The Kier molecular flexibility index (Phi) is 9.62. The van der Waals surface area contributed by atoms with Gasteiger partial charge in [-0.05, 0) is 67.4 Å². The Morgan fingerprint density at radius 3 is 2.54 bits per heavy atom. The number of nitrogens with one attached hydrogen (secondary N) is 1. The van der Waals surface area contributed by atoms with Gasteiger partial charge >= 0.3 is 5.97 Å². The summed E-state index contributed by atoms with van der Waals surface area (Å²) in [7, 11) is 0. The van der Waals surface area contributed by atoms with Crippen molar-refractivity contribution >= 4 is 34.0 Å². The van der Waals surface area contributed by atoms with E-state index in [2.05, 4.69) is 33.0 Å². The number of allylic oxidation sites excluding steroid dienone is 1. The summed E-state index contributed by atoms with van der Waals surface area (Å²) in [5.74, 6) is 0.615. The molecule has 0 spiro atoms. The van der Waals surface area contributed by atoms with Crippen molar-refractivity contribution in [2.24, 2.45) is 5.10 Å². The van der Waals surface area contributed by atoms with Crippen molar-refractivity contribution in [1.29, 1.82) is 0 Å². The molecule has 0 aromatic heterocycles. The highest BCUT2D eigenvalue weighted by atomic mass is 79.9. The molecule has 0 aliphatic carbocycles. The second kappa shape index (κ2) is 13.1. The summed E-state index contributed by atoms with van der Waals surface area (Å²) in [4.78, 5) is 24.8. The van der Waals surface area contributed by atoms with E-state index in [1.807, 2.05) is 25.1 Å². The molecule has 35 heavy (non-hydrogen) atoms. The number of hydrogen-bond acceptors (Lipinski definition) is 6. The molecule has 0 heterocycles. The van der Waals surface area contributed by atoms with Crippen molar-refractivity contribution in [3.8, 4) is 17.2 Å². The fraction of sp³-hybridized carbons (Fsp3) is 0.148. The smallest absolute Gasteiger partial charge is 0.343 e. The highest BCUT2D eigenvalue weighted by molar-refractivity contribution is 9.10. The molecule has 0 saturated carbocycles. The van der Waals surface area contributed by atoms with Gasteiger partial charge in [0.1, 0.15) is 17.2 Å². The average molecular weight is 537 g/mol. The molecule has 1 N–H and O–H groups in total. The number of ether oxygens (including phenoxy) is 3. The highest BCUT2D eigenvalue weighted by Crippen LogP contribution is 2.23. The van der Waals surface area contributed by atoms with Crippen LogP contribution in [0.1, 0.15) is 28.4 Å². The third-order valence-corrected chi connectivity index (χ3v) is 5.16. The number of carbonyl (C=O) groups excluding carboxylic acids is 2. The van der Waals surface area contributed by atoms with Gasteiger partial charge in [0, 0.05) is 10.0 Å². The first kappa shape index (κ1) is 25.7. The Hall–Kier alpha value is -3.91. The molecule has 3 aromatic rings.